The molecule has 2 N–H and O–H groups in total. The van der Waals surface area contributed by atoms with Crippen LogP contribution in [0.4, 0.5) is 4.39 Å². The van der Waals surface area contributed by atoms with E-state index in [9.17, 15) is 18.8 Å². The van der Waals surface area contributed by atoms with E-state index < -0.39 is 17.4 Å². The average Bonchev–Trinajstić information content (AvgIpc) is 3.14. The Labute approximate surface area is 223 Å². The summed E-state index contributed by atoms with van der Waals surface area (Å²) in [5.41, 5.74) is 1.50. The molecule has 7 nitrogen and oxygen atoms in total. The number of nitrogens with zero attached hydrogens (tertiary/aromatic N) is 2. The van der Waals surface area contributed by atoms with Crippen molar-refractivity contribution in [3.8, 4) is 0 Å². The van der Waals surface area contributed by atoms with Gasteiger partial charge < -0.3 is 15.3 Å². The molecule has 1 aliphatic carbocycles. The Balaban J connectivity index is 1.61. The molecule has 38 heavy (non-hydrogen) atoms. The average molecular weight is 522 g/mol. The molecule has 1 spiro atoms. The predicted molar refractivity (Wildman–Crippen MR) is 143 cm³/mol. The third kappa shape index (κ3) is 5.64. The van der Waals surface area contributed by atoms with Crippen molar-refractivity contribution in [3.05, 3.63) is 71.0 Å². The first-order valence-corrected chi connectivity index (χ1v) is 13.2. The number of amides is 2. The van der Waals surface area contributed by atoms with Gasteiger partial charge in [0.25, 0.3) is 11.8 Å². The van der Waals surface area contributed by atoms with Crippen LogP contribution in [0, 0.1) is 17.2 Å². The second-order valence-corrected chi connectivity index (χ2v) is 11.5. The molecule has 0 bridgehead atoms. The summed E-state index contributed by atoms with van der Waals surface area (Å²) in [6.45, 7) is 8.75. The van der Waals surface area contributed by atoms with Gasteiger partial charge in [-0.3, -0.25) is 19.4 Å². The van der Waals surface area contributed by atoms with Crippen molar-refractivity contribution >= 4 is 23.5 Å². The highest BCUT2D eigenvalue weighted by Gasteiger charge is 2.51. The number of hydrogen-bond acceptors (Lipinski definition) is 4. The Morgan fingerprint density at radius 2 is 1.82 bits per heavy atom. The molecule has 2 amide bonds. The van der Waals surface area contributed by atoms with Gasteiger partial charge in [0, 0.05) is 17.7 Å². The van der Waals surface area contributed by atoms with E-state index in [1.54, 1.807) is 24.3 Å². The molecule has 1 atom stereocenters. The zero-order valence-electron chi connectivity index (χ0n) is 22.5. The van der Waals surface area contributed by atoms with Crippen LogP contribution in [0.5, 0.6) is 0 Å². The summed E-state index contributed by atoms with van der Waals surface area (Å²) in [5.74, 6) is -1.43. The van der Waals surface area contributed by atoms with Crippen molar-refractivity contribution < 1.29 is 23.9 Å². The molecule has 0 radical (unpaired) electrons. The molecule has 1 heterocycles. The minimum Gasteiger partial charge on any atom is -0.481 e. The Hall–Kier alpha value is -3.55. The number of aliphatic carboxylic acids is 1. The Morgan fingerprint density at radius 3 is 2.39 bits per heavy atom. The quantitative estimate of drug-likeness (QED) is 0.513. The van der Waals surface area contributed by atoms with Crippen LogP contribution in [0.3, 0.4) is 0 Å². The lowest BCUT2D eigenvalue weighted by molar-refractivity contribution is -0.137. The summed E-state index contributed by atoms with van der Waals surface area (Å²) in [6.07, 6.45) is 3.19. The van der Waals surface area contributed by atoms with E-state index in [-0.39, 0.29) is 36.2 Å². The van der Waals surface area contributed by atoms with Gasteiger partial charge in [0.2, 0.25) is 0 Å². The molecule has 1 unspecified atom stereocenters. The second kappa shape index (κ2) is 10.7. The number of halogens is 1. The Kier molecular flexibility index (Phi) is 7.72. The number of aliphatic imine (C=N–C) groups is 1. The van der Waals surface area contributed by atoms with Gasteiger partial charge in [-0.2, -0.15) is 0 Å². The molecule has 2 aromatic carbocycles. The third-order valence-corrected chi connectivity index (χ3v) is 7.97. The van der Waals surface area contributed by atoms with Crippen LogP contribution >= 0.6 is 0 Å². The molecule has 202 valence electrons. The molecule has 2 aliphatic rings. The second-order valence-electron chi connectivity index (χ2n) is 11.5. The van der Waals surface area contributed by atoms with Crippen molar-refractivity contribution in [1.29, 1.82) is 0 Å². The van der Waals surface area contributed by atoms with Gasteiger partial charge in [-0.15, -0.1) is 0 Å². The van der Waals surface area contributed by atoms with E-state index in [2.05, 4.69) is 26.1 Å². The number of carbonyl (C=O) groups excluding carboxylic acids is 2. The number of rotatable bonds is 7. The molecule has 0 aromatic heterocycles. The van der Waals surface area contributed by atoms with Crippen molar-refractivity contribution in [2.24, 2.45) is 16.3 Å². The lowest BCUT2D eigenvalue weighted by Crippen LogP contribution is -2.50. The van der Waals surface area contributed by atoms with E-state index in [1.807, 2.05) is 24.0 Å². The number of carboxylic acid groups (broad SMARTS) is 1. The van der Waals surface area contributed by atoms with Crippen molar-refractivity contribution in [2.45, 2.75) is 71.5 Å². The first kappa shape index (κ1) is 27.5. The minimum atomic E-state index is -0.977. The van der Waals surface area contributed by atoms with Gasteiger partial charge in [-0.05, 0) is 73.8 Å². The first-order chi connectivity index (χ1) is 17.9. The van der Waals surface area contributed by atoms with Crippen LogP contribution in [-0.4, -0.2) is 45.7 Å². The van der Waals surface area contributed by atoms with E-state index in [0.717, 1.165) is 31.2 Å². The van der Waals surface area contributed by atoms with Crippen LogP contribution in [0.2, 0.25) is 0 Å². The van der Waals surface area contributed by atoms with Gasteiger partial charge in [0.05, 0.1) is 12.5 Å². The summed E-state index contributed by atoms with van der Waals surface area (Å²) in [7, 11) is 0. The lowest BCUT2D eigenvalue weighted by Gasteiger charge is -2.46. The molecule has 1 aliphatic heterocycles. The van der Waals surface area contributed by atoms with Crippen molar-refractivity contribution in [3.63, 3.8) is 0 Å². The van der Waals surface area contributed by atoms with Crippen molar-refractivity contribution in [1.82, 2.24) is 10.2 Å². The zero-order valence-corrected chi connectivity index (χ0v) is 22.5. The van der Waals surface area contributed by atoms with Gasteiger partial charge in [0.15, 0.2) is 0 Å². The molecule has 2 aromatic rings. The number of nitrogens with one attached hydrogen (secondary N) is 1. The standard InChI is InChI=1S/C30H36FN3O4/c1-19(20-8-10-21(11-9-20)27(37)32-17-14-25(35)36)34-28(38)26(22-6-5-7-24(31)18-22)33-30(34)15-12-23(13-16-30)29(2,3)4/h5-11,18-19,23H,12-17H2,1-4H3,(H,32,37)(H,35,36). The highest BCUT2D eigenvalue weighted by Crippen LogP contribution is 2.49. The van der Waals surface area contributed by atoms with Gasteiger partial charge >= 0.3 is 5.97 Å². The number of hydrogen-bond donors (Lipinski definition) is 2. The SMILES string of the molecule is CC(c1ccc(C(=O)NCCC(=O)O)cc1)N1C(=O)C(c2cccc(F)c2)=NC12CCC(C(C)(C)C)CC2. The van der Waals surface area contributed by atoms with Crippen LogP contribution in [-0.2, 0) is 9.59 Å². The fourth-order valence-corrected chi connectivity index (χ4v) is 5.72. The van der Waals surface area contributed by atoms with Crippen LogP contribution in [0.15, 0.2) is 53.5 Å². The van der Waals surface area contributed by atoms with Crippen molar-refractivity contribution in [2.75, 3.05) is 6.54 Å². The third-order valence-electron chi connectivity index (χ3n) is 7.97. The number of carbonyl (C=O) groups is 3. The molecular weight excluding hydrogens is 485 g/mol. The van der Waals surface area contributed by atoms with E-state index in [0.29, 0.717) is 22.8 Å². The number of benzene rings is 2. The fraction of sp³-hybridized carbons (Fsp3) is 0.467. The van der Waals surface area contributed by atoms with E-state index >= 15 is 0 Å². The van der Waals surface area contributed by atoms with Crippen LogP contribution < -0.4 is 5.32 Å². The number of carboxylic acids is 1. The molecule has 0 saturated heterocycles. The van der Waals surface area contributed by atoms with Gasteiger partial charge in [-0.25, -0.2) is 4.39 Å². The summed E-state index contributed by atoms with van der Waals surface area (Å²) >= 11 is 0. The van der Waals surface area contributed by atoms with Gasteiger partial charge in [0.1, 0.15) is 17.2 Å². The molecule has 1 fully saturated rings. The topological polar surface area (TPSA) is 99.1 Å². The lowest BCUT2D eigenvalue weighted by atomic mass is 9.69. The van der Waals surface area contributed by atoms with E-state index in [4.69, 9.17) is 10.1 Å². The normalized spacial score (nSPS) is 22.3. The maximum Gasteiger partial charge on any atom is 0.305 e. The highest BCUT2D eigenvalue weighted by molar-refractivity contribution is 6.46. The van der Waals surface area contributed by atoms with E-state index in [1.165, 1.54) is 12.1 Å². The van der Waals surface area contributed by atoms with Gasteiger partial charge in [-0.1, -0.05) is 45.0 Å². The zero-order chi connectivity index (χ0) is 27.7. The summed E-state index contributed by atoms with van der Waals surface area (Å²) in [6, 6.07) is 12.7. The highest BCUT2D eigenvalue weighted by atomic mass is 19.1. The monoisotopic (exact) mass is 521 g/mol. The molecular formula is C30H36FN3O4. The summed E-state index contributed by atoms with van der Waals surface area (Å²) < 4.78 is 14.1. The van der Waals surface area contributed by atoms with Crippen LogP contribution in [0.1, 0.15) is 87.3 Å². The minimum absolute atomic E-state index is 0.0485. The molecule has 4 rings (SSSR count). The van der Waals surface area contributed by atoms with Crippen LogP contribution in [0.25, 0.3) is 0 Å². The summed E-state index contributed by atoms with van der Waals surface area (Å²) in [5, 5.41) is 11.4. The largest absolute Gasteiger partial charge is 0.481 e. The summed E-state index contributed by atoms with van der Waals surface area (Å²) in [4.78, 5) is 43.9. The fourth-order valence-electron chi connectivity index (χ4n) is 5.72. The first-order valence-electron chi connectivity index (χ1n) is 13.2. The smallest absolute Gasteiger partial charge is 0.305 e. The molecule has 8 heteroatoms. The maximum absolute atomic E-state index is 14.1. The molecule has 1 saturated carbocycles. The Morgan fingerprint density at radius 1 is 1.16 bits per heavy atom. The predicted octanol–water partition coefficient (Wildman–Crippen LogP) is 5.36. The maximum atomic E-state index is 14.1. The Bertz CT molecular complexity index is 1240.